The number of ether oxygens (including phenoxy) is 1. The fraction of sp³-hybridized carbons (Fsp3) is 0.318. The molecule has 1 aliphatic heterocycles. The lowest BCUT2D eigenvalue weighted by Crippen LogP contribution is -2.48. The minimum absolute atomic E-state index is 0.0720. The quantitative estimate of drug-likeness (QED) is 0.770. The van der Waals surface area contributed by atoms with Crippen molar-refractivity contribution in [1.82, 2.24) is 4.90 Å². The molecule has 0 bridgehead atoms. The van der Waals surface area contributed by atoms with E-state index in [1.54, 1.807) is 6.08 Å². The number of rotatable bonds is 5. The van der Waals surface area contributed by atoms with Gasteiger partial charge in [0.05, 0.1) is 6.61 Å². The number of hydrogen-bond acceptors (Lipinski definition) is 3. The second-order valence-electron chi connectivity index (χ2n) is 6.49. The molecule has 0 N–H and O–H groups in total. The van der Waals surface area contributed by atoms with Crippen LogP contribution in [-0.2, 0) is 4.79 Å². The molecule has 1 heterocycles. The van der Waals surface area contributed by atoms with Crippen LogP contribution in [0.1, 0.15) is 18.1 Å². The molecule has 1 amide bonds. The summed E-state index contributed by atoms with van der Waals surface area (Å²) in [5, 5.41) is 0. The van der Waals surface area contributed by atoms with Crippen molar-refractivity contribution >= 4 is 17.7 Å². The maximum atomic E-state index is 12.4. The number of benzene rings is 2. The third-order valence-electron chi connectivity index (χ3n) is 4.57. The van der Waals surface area contributed by atoms with E-state index in [9.17, 15) is 4.79 Å². The number of piperazine rings is 1. The predicted molar refractivity (Wildman–Crippen MR) is 107 cm³/mol. The summed E-state index contributed by atoms with van der Waals surface area (Å²) < 4.78 is 5.43. The van der Waals surface area contributed by atoms with E-state index >= 15 is 0 Å². The Balaban J connectivity index is 1.53. The maximum Gasteiger partial charge on any atom is 0.246 e. The Morgan fingerprint density at radius 3 is 2.46 bits per heavy atom. The van der Waals surface area contributed by atoms with Gasteiger partial charge < -0.3 is 14.5 Å². The van der Waals surface area contributed by atoms with Gasteiger partial charge in [0.25, 0.3) is 0 Å². The molecule has 0 radical (unpaired) electrons. The predicted octanol–water partition coefficient (Wildman–Crippen LogP) is 3.76. The Kier molecular flexibility index (Phi) is 5.95. The van der Waals surface area contributed by atoms with Crippen LogP contribution >= 0.6 is 0 Å². The molecule has 4 heteroatoms. The molecule has 2 aromatic rings. The van der Waals surface area contributed by atoms with E-state index in [4.69, 9.17) is 4.74 Å². The number of aryl methyl sites for hydroxylation is 1. The summed E-state index contributed by atoms with van der Waals surface area (Å²) in [4.78, 5) is 16.7. The summed E-state index contributed by atoms with van der Waals surface area (Å²) in [5.74, 6) is 0.922. The fourth-order valence-electron chi connectivity index (χ4n) is 3.12. The zero-order chi connectivity index (χ0) is 18.4. The third kappa shape index (κ3) is 4.66. The molecular formula is C22H26N2O2. The van der Waals surface area contributed by atoms with Crippen molar-refractivity contribution in [2.45, 2.75) is 13.8 Å². The molecule has 0 spiro atoms. The Labute approximate surface area is 155 Å². The minimum Gasteiger partial charge on any atom is -0.494 e. The SMILES string of the molecule is CCOc1ccc(/C=C/C(=O)N2CCN(c3cccc(C)c3)CC2)cc1. The molecule has 0 saturated carbocycles. The first-order chi connectivity index (χ1) is 12.7. The van der Waals surface area contributed by atoms with Crippen LogP contribution in [0, 0.1) is 6.92 Å². The van der Waals surface area contributed by atoms with Crippen molar-refractivity contribution < 1.29 is 9.53 Å². The molecule has 1 aliphatic rings. The Hall–Kier alpha value is -2.75. The first-order valence-electron chi connectivity index (χ1n) is 9.17. The van der Waals surface area contributed by atoms with Gasteiger partial charge in [0.15, 0.2) is 0 Å². The largest absolute Gasteiger partial charge is 0.494 e. The van der Waals surface area contributed by atoms with Gasteiger partial charge >= 0.3 is 0 Å². The summed E-state index contributed by atoms with van der Waals surface area (Å²) >= 11 is 0. The zero-order valence-corrected chi connectivity index (χ0v) is 15.5. The zero-order valence-electron chi connectivity index (χ0n) is 15.5. The van der Waals surface area contributed by atoms with Crippen LogP contribution in [0.3, 0.4) is 0 Å². The highest BCUT2D eigenvalue weighted by Gasteiger charge is 2.19. The molecule has 1 fully saturated rings. The van der Waals surface area contributed by atoms with Gasteiger partial charge in [0.2, 0.25) is 5.91 Å². The van der Waals surface area contributed by atoms with Gasteiger partial charge in [-0.05, 0) is 55.3 Å². The molecule has 4 nitrogen and oxygen atoms in total. The molecule has 3 rings (SSSR count). The highest BCUT2D eigenvalue weighted by molar-refractivity contribution is 5.92. The molecule has 0 atom stereocenters. The van der Waals surface area contributed by atoms with Gasteiger partial charge in [-0.25, -0.2) is 0 Å². The summed E-state index contributed by atoms with van der Waals surface area (Å²) in [5.41, 5.74) is 3.50. The highest BCUT2D eigenvalue weighted by Crippen LogP contribution is 2.18. The smallest absolute Gasteiger partial charge is 0.246 e. The van der Waals surface area contributed by atoms with Crippen molar-refractivity contribution in [3.63, 3.8) is 0 Å². The van der Waals surface area contributed by atoms with Crippen LogP contribution in [0.5, 0.6) is 5.75 Å². The monoisotopic (exact) mass is 350 g/mol. The standard InChI is InChI=1S/C22H26N2O2/c1-3-26-21-10-7-19(8-11-21)9-12-22(25)24-15-13-23(14-16-24)20-6-4-5-18(2)17-20/h4-12,17H,3,13-16H2,1-2H3/b12-9+. The van der Waals surface area contributed by atoms with E-state index in [2.05, 4.69) is 36.1 Å². The van der Waals surface area contributed by atoms with Crippen LogP contribution in [0.15, 0.2) is 54.6 Å². The normalized spacial score (nSPS) is 14.7. The maximum absolute atomic E-state index is 12.4. The molecule has 0 unspecified atom stereocenters. The second-order valence-corrected chi connectivity index (χ2v) is 6.49. The Bertz CT molecular complexity index is 760. The molecule has 0 aliphatic carbocycles. The van der Waals surface area contributed by atoms with E-state index in [0.29, 0.717) is 6.61 Å². The number of hydrogen-bond donors (Lipinski definition) is 0. The van der Waals surface area contributed by atoms with Crippen molar-refractivity contribution in [3.05, 3.63) is 65.7 Å². The van der Waals surface area contributed by atoms with Crippen LogP contribution in [0.25, 0.3) is 6.08 Å². The van der Waals surface area contributed by atoms with Crippen molar-refractivity contribution in [1.29, 1.82) is 0 Å². The summed E-state index contributed by atoms with van der Waals surface area (Å²) in [6.07, 6.45) is 3.53. The van der Waals surface area contributed by atoms with E-state index in [1.165, 1.54) is 11.3 Å². The van der Waals surface area contributed by atoms with Gasteiger partial charge in [-0.2, -0.15) is 0 Å². The lowest BCUT2D eigenvalue weighted by molar-refractivity contribution is -0.126. The Morgan fingerprint density at radius 1 is 1.08 bits per heavy atom. The first kappa shape index (κ1) is 18.1. The average Bonchev–Trinajstić information content (AvgIpc) is 2.67. The van der Waals surface area contributed by atoms with E-state index in [-0.39, 0.29) is 5.91 Å². The van der Waals surface area contributed by atoms with E-state index < -0.39 is 0 Å². The Morgan fingerprint density at radius 2 is 1.81 bits per heavy atom. The van der Waals surface area contributed by atoms with Gasteiger partial charge in [0.1, 0.15) is 5.75 Å². The van der Waals surface area contributed by atoms with Crippen LogP contribution < -0.4 is 9.64 Å². The molecule has 2 aromatic carbocycles. The molecule has 26 heavy (non-hydrogen) atoms. The lowest BCUT2D eigenvalue weighted by atomic mass is 10.2. The molecular weight excluding hydrogens is 324 g/mol. The molecule has 0 aromatic heterocycles. The highest BCUT2D eigenvalue weighted by atomic mass is 16.5. The number of carbonyl (C=O) groups is 1. The summed E-state index contributed by atoms with van der Waals surface area (Å²) in [7, 11) is 0. The van der Waals surface area contributed by atoms with Crippen LogP contribution in [0.4, 0.5) is 5.69 Å². The van der Waals surface area contributed by atoms with Crippen molar-refractivity contribution in [3.8, 4) is 5.75 Å². The van der Waals surface area contributed by atoms with Crippen LogP contribution in [-0.4, -0.2) is 43.6 Å². The number of anilines is 1. The third-order valence-corrected chi connectivity index (χ3v) is 4.57. The van der Waals surface area contributed by atoms with Crippen LogP contribution in [0.2, 0.25) is 0 Å². The van der Waals surface area contributed by atoms with Gasteiger partial charge in [-0.15, -0.1) is 0 Å². The van der Waals surface area contributed by atoms with E-state index in [0.717, 1.165) is 37.5 Å². The lowest BCUT2D eigenvalue weighted by Gasteiger charge is -2.35. The van der Waals surface area contributed by atoms with Crippen molar-refractivity contribution in [2.24, 2.45) is 0 Å². The van der Waals surface area contributed by atoms with E-state index in [1.807, 2.05) is 42.2 Å². The molecule has 1 saturated heterocycles. The van der Waals surface area contributed by atoms with Gasteiger partial charge in [-0.3, -0.25) is 4.79 Å². The van der Waals surface area contributed by atoms with Crippen molar-refractivity contribution in [2.75, 3.05) is 37.7 Å². The number of carbonyl (C=O) groups excluding carboxylic acids is 1. The minimum atomic E-state index is 0.0720. The summed E-state index contributed by atoms with van der Waals surface area (Å²) in [6.45, 7) is 7.96. The fourth-order valence-corrected chi connectivity index (χ4v) is 3.12. The first-order valence-corrected chi connectivity index (χ1v) is 9.17. The van der Waals surface area contributed by atoms with Gasteiger partial charge in [-0.1, -0.05) is 24.3 Å². The van der Waals surface area contributed by atoms with Gasteiger partial charge in [0, 0.05) is 37.9 Å². The number of nitrogens with zero attached hydrogens (tertiary/aromatic N) is 2. The number of amides is 1. The average molecular weight is 350 g/mol. The topological polar surface area (TPSA) is 32.8 Å². The second kappa shape index (κ2) is 8.56. The summed E-state index contributed by atoms with van der Waals surface area (Å²) in [6, 6.07) is 16.3. The molecule has 136 valence electrons.